The summed E-state index contributed by atoms with van der Waals surface area (Å²) >= 11 is 0. The Morgan fingerprint density at radius 3 is 2.96 bits per heavy atom. The third kappa shape index (κ3) is 2.63. The van der Waals surface area contributed by atoms with E-state index in [1.54, 1.807) is 22.3 Å². The molecule has 3 atom stereocenters. The Morgan fingerprint density at radius 1 is 1.17 bits per heavy atom. The molecular weight excluding hydrogens is 294 g/mol. The first-order valence-corrected chi connectivity index (χ1v) is 10.2. The Kier molecular flexibility index (Phi) is 4.70. The molecule has 1 aliphatic heterocycles. The van der Waals surface area contributed by atoms with Gasteiger partial charge in [0.2, 0.25) is 0 Å². The molecule has 3 aliphatic rings. The van der Waals surface area contributed by atoms with E-state index in [2.05, 4.69) is 24.4 Å². The lowest BCUT2D eigenvalue weighted by atomic mass is 9.52. The molecule has 1 saturated heterocycles. The number of rotatable bonds is 5. The topological polar surface area (TPSA) is 32.3 Å². The number of aryl methyl sites for hydroxylation is 1. The minimum absolute atomic E-state index is 0.334. The molecule has 1 aromatic rings. The average Bonchev–Trinajstić information content (AvgIpc) is 2.61. The van der Waals surface area contributed by atoms with Crippen LogP contribution in [-0.2, 0) is 18.3 Å². The van der Waals surface area contributed by atoms with Crippen LogP contribution in [0.25, 0.3) is 0 Å². The lowest BCUT2D eigenvalue weighted by Gasteiger charge is -2.56. The third-order valence-corrected chi connectivity index (χ3v) is 7.34. The highest BCUT2D eigenvalue weighted by atomic mass is 16.2. The number of benzene rings is 1. The largest absolute Gasteiger partial charge is 0.396 e. The van der Waals surface area contributed by atoms with Crippen molar-refractivity contribution in [3.05, 3.63) is 34.4 Å². The highest BCUT2D eigenvalue weighted by Crippen LogP contribution is 2.54. The zero-order valence-electron chi connectivity index (χ0n) is 15.2. The molecule has 24 heavy (non-hydrogen) atoms. The summed E-state index contributed by atoms with van der Waals surface area (Å²) in [4.78, 5) is 0. The molecule has 0 radical (unpaired) electrons. The summed E-state index contributed by atoms with van der Waals surface area (Å²) in [6.07, 6.45) is 12.8. The van der Waals surface area contributed by atoms with Gasteiger partial charge in [0, 0.05) is 18.1 Å². The van der Waals surface area contributed by atoms with Gasteiger partial charge in [-0.25, -0.2) is 0 Å². The Morgan fingerprint density at radius 2 is 2.08 bits per heavy atom. The summed E-state index contributed by atoms with van der Waals surface area (Å²) in [6, 6.07) is 5.68. The Balaban J connectivity index is 1.65. The summed E-state index contributed by atoms with van der Waals surface area (Å²) < 4.78 is 0. The van der Waals surface area contributed by atoms with Crippen LogP contribution in [-0.4, -0.2) is 24.3 Å². The van der Waals surface area contributed by atoms with E-state index in [4.69, 9.17) is 5.11 Å². The van der Waals surface area contributed by atoms with Crippen molar-refractivity contribution in [2.24, 2.45) is 5.92 Å². The number of nitrogens with one attached hydrogen (secondary N) is 1. The van der Waals surface area contributed by atoms with Gasteiger partial charge in [-0.15, -0.1) is 0 Å². The van der Waals surface area contributed by atoms with Gasteiger partial charge in [-0.1, -0.05) is 31.4 Å². The number of hydrogen-bond acceptors (Lipinski definition) is 2. The second-order valence-electron chi connectivity index (χ2n) is 8.43. The maximum atomic E-state index is 8.97. The van der Waals surface area contributed by atoms with Crippen molar-refractivity contribution in [1.29, 1.82) is 0 Å². The molecule has 4 rings (SSSR count). The van der Waals surface area contributed by atoms with Gasteiger partial charge >= 0.3 is 0 Å². The van der Waals surface area contributed by atoms with E-state index in [0.29, 0.717) is 12.0 Å². The van der Waals surface area contributed by atoms with Crippen LogP contribution in [0.2, 0.25) is 0 Å². The van der Waals surface area contributed by atoms with Crippen molar-refractivity contribution >= 4 is 0 Å². The standard InChI is InChI=1S/C22H33NO/c1-16-17(7-3-2-6-14-24)9-10-19-18(16)15-21-20-8-4-5-11-22(19,20)12-13-23-21/h9-10,20-21,23-24H,2-8,11-15H2,1H3/t20-,21+,22-/m0/s1. The first kappa shape index (κ1) is 16.6. The van der Waals surface area contributed by atoms with E-state index in [1.165, 1.54) is 57.9 Å². The van der Waals surface area contributed by atoms with Gasteiger partial charge < -0.3 is 10.4 Å². The molecule has 2 N–H and O–H groups in total. The van der Waals surface area contributed by atoms with Crippen molar-refractivity contribution in [3.63, 3.8) is 0 Å². The lowest BCUT2D eigenvalue weighted by Crippen LogP contribution is -2.59. The van der Waals surface area contributed by atoms with Gasteiger partial charge in [-0.2, -0.15) is 0 Å². The maximum absolute atomic E-state index is 8.97. The molecule has 2 bridgehead atoms. The van der Waals surface area contributed by atoms with Crippen molar-refractivity contribution in [2.75, 3.05) is 13.2 Å². The Labute approximate surface area is 147 Å². The number of unbranched alkanes of at least 4 members (excludes halogenated alkanes) is 2. The van der Waals surface area contributed by atoms with Crippen LogP contribution in [0.1, 0.15) is 73.6 Å². The van der Waals surface area contributed by atoms with Crippen LogP contribution in [0, 0.1) is 12.8 Å². The molecule has 2 aliphatic carbocycles. The van der Waals surface area contributed by atoms with E-state index in [9.17, 15) is 0 Å². The van der Waals surface area contributed by atoms with E-state index in [0.717, 1.165) is 24.8 Å². The van der Waals surface area contributed by atoms with E-state index < -0.39 is 0 Å². The number of piperidine rings is 1. The predicted octanol–water partition coefficient (Wildman–Crippen LogP) is 4.05. The number of hydrogen-bond donors (Lipinski definition) is 2. The van der Waals surface area contributed by atoms with Crippen LogP contribution >= 0.6 is 0 Å². The zero-order valence-corrected chi connectivity index (χ0v) is 15.2. The number of fused-ring (bicyclic) bond motifs is 1. The van der Waals surface area contributed by atoms with Gasteiger partial charge in [-0.3, -0.25) is 0 Å². The molecule has 0 spiro atoms. The molecule has 0 unspecified atom stereocenters. The van der Waals surface area contributed by atoms with Crippen molar-refractivity contribution < 1.29 is 5.11 Å². The third-order valence-electron chi connectivity index (χ3n) is 7.34. The summed E-state index contributed by atoms with van der Waals surface area (Å²) in [6.45, 7) is 3.92. The minimum atomic E-state index is 0.334. The molecule has 2 heteroatoms. The molecule has 0 aromatic heterocycles. The monoisotopic (exact) mass is 327 g/mol. The predicted molar refractivity (Wildman–Crippen MR) is 99.6 cm³/mol. The summed E-state index contributed by atoms with van der Waals surface area (Å²) in [5, 5.41) is 12.8. The van der Waals surface area contributed by atoms with Gasteiger partial charge in [0.25, 0.3) is 0 Å². The van der Waals surface area contributed by atoms with Crippen LogP contribution in [0.3, 0.4) is 0 Å². The van der Waals surface area contributed by atoms with Crippen molar-refractivity contribution in [1.82, 2.24) is 5.32 Å². The smallest absolute Gasteiger partial charge is 0.0431 e. The maximum Gasteiger partial charge on any atom is 0.0431 e. The fourth-order valence-corrected chi connectivity index (χ4v) is 6.10. The molecule has 132 valence electrons. The average molecular weight is 328 g/mol. The highest BCUT2D eigenvalue weighted by Gasteiger charge is 2.51. The number of aliphatic hydroxyl groups is 1. The first-order chi connectivity index (χ1) is 11.8. The van der Waals surface area contributed by atoms with Gasteiger partial charge in [0.1, 0.15) is 0 Å². The molecule has 1 heterocycles. The SMILES string of the molecule is Cc1c(CCCCCO)ccc2c1C[C@H]1NCC[C@@]23CCCC[C@@H]13. The number of aliphatic hydroxyl groups excluding tert-OH is 1. The van der Waals surface area contributed by atoms with E-state index >= 15 is 0 Å². The van der Waals surface area contributed by atoms with E-state index in [1.807, 2.05) is 0 Å². The van der Waals surface area contributed by atoms with Crippen molar-refractivity contribution in [3.8, 4) is 0 Å². The Hall–Kier alpha value is -0.860. The van der Waals surface area contributed by atoms with Crippen LogP contribution in [0.5, 0.6) is 0 Å². The van der Waals surface area contributed by atoms with Gasteiger partial charge in [0.05, 0.1) is 0 Å². The lowest BCUT2D eigenvalue weighted by molar-refractivity contribution is 0.0795. The fraction of sp³-hybridized carbons (Fsp3) is 0.727. The van der Waals surface area contributed by atoms with Gasteiger partial charge in [-0.05, 0) is 86.6 Å². The molecule has 2 nitrogen and oxygen atoms in total. The molecule has 2 fully saturated rings. The Bertz CT molecular complexity index is 592. The van der Waals surface area contributed by atoms with Gasteiger partial charge in [0.15, 0.2) is 0 Å². The van der Waals surface area contributed by atoms with E-state index in [-0.39, 0.29) is 0 Å². The van der Waals surface area contributed by atoms with Crippen LogP contribution in [0.15, 0.2) is 12.1 Å². The summed E-state index contributed by atoms with van der Waals surface area (Å²) in [5.41, 5.74) is 7.03. The minimum Gasteiger partial charge on any atom is -0.396 e. The molecule has 1 saturated carbocycles. The summed E-state index contributed by atoms with van der Waals surface area (Å²) in [7, 11) is 0. The molecule has 0 amide bonds. The van der Waals surface area contributed by atoms with Crippen LogP contribution in [0.4, 0.5) is 0 Å². The quantitative estimate of drug-likeness (QED) is 0.800. The van der Waals surface area contributed by atoms with Crippen molar-refractivity contribution in [2.45, 2.75) is 82.6 Å². The highest BCUT2D eigenvalue weighted by molar-refractivity contribution is 5.48. The molecule has 1 aromatic carbocycles. The van der Waals surface area contributed by atoms with Crippen LogP contribution < -0.4 is 5.32 Å². The fourth-order valence-electron chi connectivity index (χ4n) is 6.10. The molecular formula is C22H33NO. The second kappa shape index (κ2) is 6.80. The second-order valence-corrected chi connectivity index (χ2v) is 8.43. The normalized spacial score (nSPS) is 31.4. The summed E-state index contributed by atoms with van der Waals surface area (Å²) in [5.74, 6) is 0.877. The zero-order chi connectivity index (χ0) is 16.6. The first-order valence-electron chi connectivity index (χ1n) is 10.2.